The Hall–Kier alpha value is -0.0400. The lowest BCUT2D eigenvalue weighted by Crippen LogP contribution is -2.07. The number of aliphatic hydroxyl groups excluding tert-OH is 1. The third-order valence-electron chi connectivity index (χ3n) is 2.27. The minimum atomic E-state index is 0.404. The molecule has 1 N–H and O–H groups in total. The Kier molecular flexibility index (Phi) is 1.90. The molecule has 0 aromatic rings. The van der Waals surface area contributed by atoms with Gasteiger partial charge in [0.05, 0.1) is 0 Å². The van der Waals surface area contributed by atoms with Crippen LogP contribution in [0, 0.1) is 11.8 Å². The van der Waals surface area contributed by atoms with Crippen LogP contribution >= 0.6 is 0 Å². The Bertz CT molecular complexity index is 70.8. The van der Waals surface area contributed by atoms with E-state index in [0.717, 1.165) is 5.92 Å². The molecule has 8 heavy (non-hydrogen) atoms. The molecule has 0 amide bonds. The Balaban J connectivity index is 2.30. The maximum absolute atomic E-state index is 8.74. The van der Waals surface area contributed by atoms with E-state index in [1.165, 1.54) is 19.3 Å². The molecule has 1 heteroatoms. The molecule has 0 aromatic heterocycles. The summed E-state index contributed by atoms with van der Waals surface area (Å²) >= 11 is 0. The Morgan fingerprint density at radius 1 is 1.50 bits per heavy atom. The summed E-state index contributed by atoms with van der Waals surface area (Å²) in [6, 6.07) is 0. The highest BCUT2D eigenvalue weighted by Gasteiger charge is 2.21. The van der Waals surface area contributed by atoms with Gasteiger partial charge < -0.3 is 5.11 Å². The molecule has 48 valence electrons. The van der Waals surface area contributed by atoms with Crippen molar-refractivity contribution < 1.29 is 5.11 Å². The molecular formula is C7H14O. The van der Waals surface area contributed by atoms with Crippen molar-refractivity contribution in [2.75, 3.05) is 6.61 Å². The standard InChI is InChI=1S/C7H14O/c1-6-3-2-4-7(6)5-8/h6-8H,2-5H2,1H3/t6-,7-/m1/s1. The first-order chi connectivity index (χ1) is 3.84. The molecule has 0 aliphatic heterocycles. The second kappa shape index (κ2) is 2.49. The minimum Gasteiger partial charge on any atom is -0.396 e. The first-order valence-electron chi connectivity index (χ1n) is 3.45. The van der Waals surface area contributed by atoms with Gasteiger partial charge in [0, 0.05) is 6.61 Å². The van der Waals surface area contributed by atoms with Gasteiger partial charge in [-0.15, -0.1) is 0 Å². The Morgan fingerprint density at radius 2 is 2.25 bits per heavy atom. The first-order valence-corrected chi connectivity index (χ1v) is 3.45. The van der Waals surface area contributed by atoms with Crippen LogP contribution in [0.4, 0.5) is 0 Å². The van der Waals surface area contributed by atoms with Crippen LogP contribution in [0.2, 0.25) is 0 Å². The number of hydrogen-bond acceptors (Lipinski definition) is 1. The molecule has 0 bridgehead atoms. The Morgan fingerprint density at radius 3 is 2.50 bits per heavy atom. The zero-order valence-corrected chi connectivity index (χ0v) is 5.43. The largest absolute Gasteiger partial charge is 0.396 e. The molecule has 0 aromatic carbocycles. The highest BCUT2D eigenvalue weighted by molar-refractivity contribution is 4.72. The van der Waals surface area contributed by atoms with Gasteiger partial charge in [-0.25, -0.2) is 0 Å². The monoisotopic (exact) mass is 114 g/mol. The molecule has 0 unspecified atom stereocenters. The van der Waals surface area contributed by atoms with Gasteiger partial charge in [-0.2, -0.15) is 0 Å². The van der Waals surface area contributed by atoms with E-state index < -0.39 is 0 Å². The fraction of sp³-hybridized carbons (Fsp3) is 1.00. The lowest BCUT2D eigenvalue weighted by molar-refractivity contribution is 0.201. The van der Waals surface area contributed by atoms with Crippen LogP contribution in [0.5, 0.6) is 0 Å². The molecule has 0 saturated heterocycles. The number of hydrogen-bond donors (Lipinski definition) is 1. The van der Waals surface area contributed by atoms with Gasteiger partial charge in [0.15, 0.2) is 0 Å². The van der Waals surface area contributed by atoms with Crippen molar-refractivity contribution in [2.24, 2.45) is 11.8 Å². The van der Waals surface area contributed by atoms with Gasteiger partial charge in [0.25, 0.3) is 0 Å². The molecule has 1 aliphatic carbocycles. The maximum Gasteiger partial charge on any atom is 0.0461 e. The van der Waals surface area contributed by atoms with E-state index in [9.17, 15) is 0 Å². The molecule has 0 heterocycles. The molecule has 0 radical (unpaired) electrons. The van der Waals surface area contributed by atoms with E-state index >= 15 is 0 Å². The lowest BCUT2D eigenvalue weighted by atomic mass is 10.00. The Labute approximate surface area is 50.7 Å². The highest BCUT2D eigenvalue weighted by atomic mass is 16.3. The van der Waals surface area contributed by atoms with Crippen molar-refractivity contribution in [3.05, 3.63) is 0 Å². The fourth-order valence-electron chi connectivity index (χ4n) is 1.49. The molecule has 1 rings (SSSR count). The van der Waals surface area contributed by atoms with E-state index in [-0.39, 0.29) is 0 Å². The van der Waals surface area contributed by atoms with Crippen molar-refractivity contribution in [2.45, 2.75) is 26.2 Å². The number of rotatable bonds is 1. The average molecular weight is 114 g/mol. The maximum atomic E-state index is 8.74. The zero-order valence-electron chi connectivity index (χ0n) is 5.43. The predicted molar refractivity (Wildman–Crippen MR) is 33.6 cm³/mol. The third kappa shape index (κ3) is 1.03. The van der Waals surface area contributed by atoms with Crippen molar-refractivity contribution in [3.63, 3.8) is 0 Å². The van der Waals surface area contributed by atoms with Crippen molar-refractivity contribution in [3.8, 4) is 0 Å². The second-order valence-electron chi connectivity index (χ2n) is 2.85. The van der Waals surface area contributed by atoms with Crippen molar-refractivity contribution >= 4 is 0 Å². The van der Waals surface area contributed by atoms with Crippen LogP contribution in [-0.2, 0) is 0 Å². The average Bonchev–Trinajstić information content (AvgIpc) is 2.14. The van der Waals surface area contributed by atoms with Gasteiger partial charge in [-0.1, -0.05) is 19.8 Å². The molecule has 0 spiro atoms. The van der Waals surface area contributed by atoms with E-state index in [4.69, 9.17) is 5.11 Å². The van der Waals surface area contributed by atoms with E-state index in [1.807, 2.05) is 0 Å². The summed E-state index contributed by atoms with van der Waals surface area (Å²) in [6.45, 7) is 2.63. The zero-order chi connectivity index (χ0) is 5.98. The predicted octanol–water partition coefficient (Wildman–Crippen LogP) is 1.41. The van der Waals surface area contributed by atoms with Crippen LogP contribution in [0.3, 0.4) is 0 Å². The van der Waals surface area contributed by atoms with E-state index in [1.54, 1.807) is 0 Å². The van der Waals surface area contributed by atoms with Crippen molar-refractivity contribution in [1.82, 2.24) is 0 Å². The first kappa shape index (κ1) is 6.09. The van der Waals surface area contributed by atoms with E-state index in [2.05, 4.69) is 6.92 Å². The van der Waals surface area contributed by atoms with Crippen molar-refractivity contribution in [1.29, 1.82) is 0 Å². The molecular weight excluding hydrogens is 100 g/mol. The summed E-state index contributed by atoms with van der Waals surface area (Å²) < 4.78 is 0. The molecule has 1 saturated carbocycles. The van der Waals surface area contributed by atoms with Gasteiger partial charge in [0.2, 0.25) is 0 Å². The van der Waals surface area contributed by atoms with Crippen LogP contribution in [0.25, 0.3) is 0 Å². The van der Waals surface area contributed by atoms with Gasteiger partial charge in [-0.05, 0) is 18.3 Å². The lowest BCUT2D eigenvalue weighted by Gasteiger charge is -2.09. The quantitative estimate of drug-likeness (QED) is 0.546. The van der Waals surface area contributed by atoms with Gasteiger partial charge >= 0.3 is 0 Å². The normalized spacial score (nSPS) is 38.2. The van der Waals surface area contributed by atoms with Crippen LogP contribution in [0.1, 0.15) is 26.2 Å². The van der Waals surface area contributed by atoms with E-state index in [0.29, 0.717) is 12.5 Å². The van der Waals surface area contributed by atoms with Gasteiger partial charge in [-0.3, -0.25) is 0 Å². The molecule has 1 fully saturated rings. The summed E-state index contributed by atoms with van der Waals surface area (Å²) in [7, 11) is 0. The van der Waals surface area contributed by atoms with Crippen LogP contribution in [-0.4, -0.2) is 11.7 Å². The summed E-state index contributed by atoms with van der Waals surface area (Å²) in [5.74, 6) is 1.40. The summed E-state index contributed by atoms with van der Waals surface area (Å²) in [6.07, 6.45) is 3.90. The third-order valence-corrected chi connectivity index (χ3v) is 2.27. The summed E-state index contributed by atoms with van der Waals surface area (Å²) in [5, 5.41) is 8.74. The SMILES string of the molecule is C[C@@H]1CCC[C@@H]1CO. The molecule has 1 nitrogen and oxygen atoms in total. The topological polar surface area (TPSA) is 20.2 Å². The second-order valence-corrected chi connectivity index (χ2v) is 2.85. The fourth-order valence-corrected chi connectivity index (χ4v) is 1.49. The van der Waals surface area contributed by atoms with Gasteiger partial charge in [0.1, 0.15) is 0 Å². The summed E-state index contributed by atoms with van der Waals surface area (Å²) in [5.41, 5.74) is 0. The minimum absolute atomic E-state index is 0.404. The molecule has 1 aliphatic rings. The van der Waals surface area contributed by atoms with Crippen LogP contribution < -0.4 is 0 Å². The summed E-state index contributed by atoms with van der Waals surface area (Å²) in [4.78, 5) is 0. The highest BCUT2D eigenvalue weighted by Crippen LogP contribution is 2.30. The van der Waals surface area contributed by atoms with Crippen LogP contribution in [0.15, 0.2) is 0 Å². The smallest absolute Gasteiger partial charge is 0.0461 e. The molecule has 2 atom stereocenters. The number of aliphatic hydroxyl groups is 1.